The first kappa shape index (κ1) is 11.9. The number of thioether (sulfide) groups is 1. The van der Waals surface area contributed by atoms with Crippen LogP contribution in [0.1, 0.15) is 18.4 Å². The molecule has 0 aromatic heterocycles. The normalized spacial score (nSPS) is 18.2. The molecule has 2 nitrogen and oxygen atoms in total. The molecule has 16 heavy (non-hydrogen) atoms. The van der Waals surface area contributed by atoms with Crippen LogP contribution in [-0.4, -0.2) is 30.2 Å². The Morgan fingerprint density at radius 1 is 1.56 bits per heavy atom. The second kappa shape index (κ2) is 5.17. The van der Waals surface area contributed by atoms with Gasteiger partial charge in [0.25, 0.3) is 0 Å². The van der Waals surface area contributed by atoms with Crippen molar-refractivity contribution in [2.75, 3.05) is 19.8 Å². The number of benzene rings is 1. The van der Waals surface area contributed by atoms with Crippen LogP contribution in [0.3, 0.4) is 0 Å². The molecule has 1 N–H and O–H groups in total. The first-order valence-electron chi connectivity index (χ1n) is 5.35. The number of halogens is 1. The lowest BCUT2D eigenvalue weighted by molar-refractivity contribution is 0.0455. The molecule has 0 amide bonds. The summed E-state index contributed by atoms with van der Waals surface area (Å²) in [6, 6.07) is 5.19. The highest BCUT2D eigenvalue weighted by atomic mass is 32.2. The van der Waals surface area contributed by atoms with E-state index in [0.717, 1.165) is 5.56 Å². The zero-order valence-corrected chi connectivity index (χ0v) is 9.97. The predicted octanol–water partition coefficient (Wildman–Crippen LogP) is 2.41. The molecule has 1 saturated heterocycles. The Hall–Kier alpha value is -0.580. The number of rotatable bonds is 4. The first-order chi connectivity index (χ1) is 7.70. The Morgan fingerprint density at radius 3 is 2.81 bits per heavy atom. The van der Waals surface area contributed by atoms with Gasteiger partial charge in [0.05, 0.1) is 18.5 Å². The van der Waals surface area contributed by atoms with Crippen molar-refractivity contribution in [2.45, 2.75) is 23.0 Å². The van der Waals surface area contributed by atoms with Gasteiger partial charge in [0, 0.05) is 17.4 Å². The molecule has 1 heterocycles. The van der Waals surface area contributed by atoms with Gasteiger partial charge in [0.2, 0.25) is 0 Å². The monoisotopic (exact) mass is 242 g/mol. The third-order valence-corrected chi connectivity index (χ3v) is 3.89. The summed E-state index contributed by atoms with van der Waals surface area (Å²) in [4.78, 5) is 0.669. The van der Waals surface area contributed by atoms with Crippen molar-refractivity contribution in [3.63, 3.8) is 0 Å². The van der Waals surface area contributed by atoms with Gasteiger partial charge < -0.3 is 9.84 Å². The Bertz CT molecular complexity index is 366. The molecule has 0 spiro atoms. The van der Waals surface area contributed by atoms with Gasteiger partial charge >= 0.3 is 0 Å². The maximum Gasteiger partial charge on any atom is 0.137 e. The van der Waals surface area contributed by atoms with E-state index in [1.165, 1.54) is 17.8 Å². The standard InChI is InChI=1S/C12H15FO2S/c1-8(5-14)9-2-3-12(11(13)4-9)16-10-6-15-7-10/h2-4,8,10,14H,5-7H2,1H3. The molecule has 1 unspecified atom stereocenters. The Morgan fingerprint density at radius 2 is 2.31 bits per heavy atom. The van der Waals surface area contributed by atoms with E-state index in [4.69, 9.17) is 9.84 Å². The molecule has 88 valence electrons. The fourth-order valence-electron chi connectivity index (χ4n) is 1.49. The highest BCUT2D eigenvalue weighted by Crippen LogP contribution is 2.31. The van der Waals surface area contributed by atoms with E-state index >= 15 is 0 Å². The van der Waals surface area contributed by atoms with Gasteiger partial charge in [-0.2, -0.15) is 0 Å². The lowest BCUT2D eigenvalue weighted by Crippen LogP contribution is -2.30. The van der Waals surface area contributed by atoms with Crippen molar-refractivity contribution in [2.24, 2.45) is 0 Å². The minimum atomic E-state index is -0.199. The summed E-state index contributed by atoms with van der Waals surface area (Å²) in [7, 11) is 0. The minimum absolute atomic E-state index is 0.0133. The molecule has 4 heteroatoms. The van der Waals surface area contributed by atoms with Crippen molar-refractivity contribution in [1.29, 1.82) is 0 Å². The van der Waals surface area contributed by atoms with Crippen LogP contribution in [0.2, 0.25) is 0 Å². The lowest BCUT2D eigenvalue weighted by atomic mass is 10.0. The van der Waals surface area contributed by atoms with Crippen LogP contribution in [-0.2, 0) is 4.74 Å². The molecule has 1 aromatic carbocycles. The maximum atomic E-state index is 13.7. The third kappa shape index (κ3) is 2.56. The Balaban J connectivity index is 2.09. The molecule has 1 fully saturated rings. The molecule has 0 aliphatic carbocycles. The molecule has 1 aliphatic rings. The SMILES string of the molecule is CC(CO)c1ccc(SC2COC2)c(F)c1. The van der Waals surface area contributed by atoms with Crippen LogP contribution in [0.5, 0.6) is 0 Å². The summed E-state index contributed by atoms with van der Waals surface area (Å²) < 4.78 is 18.8. The van der Waals surface area contributed by atoms with Crippen LogP contribution in [0, 0.1) is 5.82 Å². The zero-order chi connectivity index (χ0) is 11.5. The van der Waals surface area contributed by atoms with E-state index in [9.17, 15) is 4.39 Å². The molecule has 0 bridgehead atoms. The van der Waals surface area contributed by atoms with E-state index in [1.54, 1.807) is 6.07 Å². The molecule has 1 aromatic rings. The van der Waals surface area contributed by atoms with Crippen molar-refractivity contribution < 1.29 is 14.2 Å². The van der Waals surface area contributed by atoms with E-state index in [-0.39, 0.29) is 18.3 Å². The summed E-state index contributed by atoms with van der Waals surface area (Å²) in [5, 5.41) is 9.38. The van der Waals surface area contributed by atoms with E-state index in [0.29, 0.717) is 23.4 Å². The van der Waals surface area contributed by atoms with Gasteiger partial charge in [-0.1, -0.05) is 13.0 Å². The third-order valence-electron chi connectivity index (χ3n) is 2.70. The van der Waals surface area contributed by atoms with Crippen molar-refractivity contribution in [3.05, 3.63) is 29.6 Å². The molecule has 2 rings (SSSR count). The van der Waals surface area contributed by atoms with E-state index in [2.05, 4.69) is 0 Å². The van der Waals surface area contributed by atoms with Crippen molar-refractivity contribution >= 4 is 11.8 Å². The van der Waals surface area contributed by atoms with Crippen LogP contribution in [0.15, 0.2) is 23.1 Å². The number of hydrogen-bond acceptors (Lipinski definition) is 3. The smallest absolute Gasteiger partial charge is 0.137 e. The average Bonchev–Trinajstić information content (AvgIpc) is 2.23. The van der Waals surface area contributed by atoms with Gasteiger partial charge in [0.15, 0.2) is 0 Å². The van der Waals surface area contributed by atoms with Crippen LogP contribution in [0.25, 0.3) is 0 Å². The molecule has 1 aliphatic heterocycles. The summed E-state index contributed by atoms with van der Waals surface area (Å²) >= 11 is 1.52. The predicted molar refractivity (Wildman–Crippen MR) is 62.4 cm³/mol. The van der Waals surface area contributed by atoms with Crippen LogP contribution >= 0.6 is 11.8 Å². The second-order valence-electron chi connectivity index (χ2n) is 4.05. The Labute approximate surface area is 98.8 Å². The summed E-state index contributed by atoms with van der Waals surface area (Å²) in [5.41, 5.74) is 0.842. The second-order valence-corrected chi connectivity index (χ2v) is 5.39. The highest BCUT2D eigenvalue weighted by Gasteiger charge is 2.21. The minimum Gasteiger partial charge on any atom is -0.396 e. The van der Waals surface area contributed by atoms with Gasteiger partial charge in [-0.3, -0.25) is 0 Å². The largest absolute Gasteiger partial charge is 0.396 e. The lowest BCUT2D eigenvalue weighted by Gasteiger charge is -2.25. The van der Waals surface area contributed by atoms with Crippen LogP contribution < -0.4 is 0 Å². The molecule has 0 saturated carbocycles. The average molecular weight is 242 g/mol. The van der Waals surface area contributed by atoms with E-state index < -0.39 is 0 Å². The topological polar surface area (TPSA) is 29.5 Å². The number of hydrogen-bond donors (Lipinski definition) is 1. The number of aliphatic hydroxyl groups excluding tert-OH is 1. The Kier molecular flexibility index (Phi) is 3.84. The molecule has 1 atom stereocenters. The van der Waals surface area contributed by atoms with Gasteiger partial charge in [-0.05, 0) is 17.7 Å². The highest BCUT2D eigenvalue weighted by molar-refractivity contribution is 8.00. The summed E-state index contributed by atoms with van der Waals surface area (Å²) in [6.07, 6.45) is 0. The number of aliphatic hydroxyl groups is 1. The first-order valence-corrected chi connectivity index (χ1v) is 6.23. The number of ether oxygens (including phenoxy) is 1. The van der Waals surface area contributed by atoms with Gasteiger partial charge in [0.1, 0.15) is 5.82 Å². The quantitative estimate of drug-likeness (QED) is 0.879. The fraction of sp³-hybridized carbons (Fsp3) is 0.500. The summed E-state index contributed by atoms with van der Waals surface area (Å²) in [6.45, 7) is 3.33. The van der Waals surface area contributed by atoms with Crippen molar-refractivity contribution in [3.8, 4) is 0 Å². The summed E-state index contributed by atoms with van der Waals surface area (Å²) in [5.74, 6) is -0.213. The zero-order valence-electron chi connectivity index (χ0n) is 9.15. The van der Waals surface area contributed by atoms with Gasteiger partial charge in [-0.15, -0.1) is 11.8 Å². The van der Waals surface area contributed by atoms with Crippen LogP contribution in [0.4, 0.5) is 4.39 Å². The van der Waals surface area contributed by atoms with Crippen molar-refractivity contribution in [1.82, 2.24) is 0 Å². The van der Waals surface area contributed by atoms with E-state index in [1.807, 2.05) is 13.0 Å². The van der Waals surface area contributed by atoms with Gasteiger partial charge in [-0.25, -0.2) is 4.39 Å². The molecular formula is C12H15FO2S. The maximum absolute atomic E-state index is 13.7. The fourth-order valence-corrected chi connectivity index (χ4v) is 2.49. The molecular weight excluding hydrogens is 227 g/mol. The molecule has 0 radical (unpaired) electrons.